The maximum atomic E-state index is 14.0. The van der Waals surface area contributed by atoms with Crippen molar-refractivity contribution in [3.05, 3.63) is 58.3 Å². The SMILES string of the molecule is Cn1ncc2c(=O)n(CC(=O)N(Cc3ccc(F)cc3F)C3CC3)cnc21. The lowest BCUT2D eigenvalue weighted by Gasteiger charge is -2.23. The molecule has 0 N–H and O–H groups in total. The first kappa shape index (κ1) is 17.3. The van der Waals surface area contributed by atoms with E-state index in [1.807, 2.05) is 0 Å². The lowest BCUT2D eigenvalue weighted by molar-refractivity contribution is -0.133. The highest BCUT2D eigenvalue weighted by atomic mass is 19.1. The van der Waals surface area contributed by atoms with Gasteiger partial charge >= 0.3 is 0 Å². The Morgan fingerprint density at radius 1 is 1.33 bits per heavy atom. The van der Waals surface area contributed by atoms with Crippen LogP contribution in [0.15, 0.2) is 35.5 Å². The van der Waals surface area contributed by atoms with Gasteiger partial charge in [-0.1, -0.05) is 6.07 Å². The molecule has 0 saturated heterocycles. The molecule has 1 aromatic carbocycles. The monoisotopic (exact) mass is 373 g/mol. The van der Waals surface area contributed by atoms with E-state index in [0.717, 1.165) is 18.9 Å². The minimum absolute atomic E-state index is 0.00716. The topological polar surface area (TPSA) is 73.0 Å². The van der Waals surface area contributed by atoms with Gasteiger partial charge in [-0.15, -0.1) is 0 Å². The van der Waals surface area contributed by atoms with Crippen molar-refractivity contribution in [3.8, 4) is 0 Å². The summed E-state index contributed by atoms with van der Waals surface area (Å²) in [7, 11) is 1.68. The summed E-state index contributed by atoms with van der Waals surface area (Å²) in [5.74, 6) is -1.67. The molecular weight excluding hydrogens is 356 g/mol. The Hall–Kier alpha value is -3.10. The molecule has 0 spiro atoms. The summed E-state index contributed by atoms with van der Waals surface area (Å²) in [5, 5.41) is 4.33. The molecule has 0 bridgehead atoms. The average Bonchev–Trinajstić information content (AvgIpc) is 3.39. The van der Waals surface area contributed by atoms with E-state index in [1.165, 1.54) is 38.8 Å². The Morgan fingerprint density at radius 2 is 2.11 bits per heavy atom. The minimum atomic E-state index is -0.691. The van der Waals surface area contributed by atoms with Gasteiger partial charge in [-0.2, -0.15) is 5.10 Å². The molecule has 0 unspecified atom stereocenters. The fraction of sp³-hybridized carbons (Fsp3) is 0.333. The van der Waals surface area contributed by atoms with Crippen LogP contribution in [-0.2, 0) is 24.9 Å². The molecule has 4 rings (SSSR count). The van der Waals surface area contributed by atoms with Crippen molar-refractivity contribution in [1.29, 1.82) is 0 Å². The molecule has 0 radical (unpaired) electrons. The first-order valence-corrected chi connectivity index (χ1v) is 8.54. The van der Waals surface area contributed by atoms with Crippen LogP contribution in [0.4, 0.5) is 8.78 Å². The zero-order chi connectivity index (χ0) is 19.1. The van der Waals surface area contributed by atoms with Gasteiger partial charge in [0.05, 0.1) is 6.20 Å². The van der Waals surface area contributed by atoms with Crippen molar-refractivity contribution in [2.75, 3.05) is 0 Å². The molecule has 1 aliphatic carbocycles. The lowest BCUT2D eigenvalue weighted by atomic mass is 10.2. The van der Waals surface area contributed by atoms with Crippen LogP contribution in [0.3, 0.4) is 0 Å². The Morgan fingerprint density at radius 3 is 2.81 bits per heavy atom. The van der Waals surface area contributed by atoms with Gasteiger partial charge in [-0.3, -0.25) is 18.8 Å². The number of benzene rings is 1. The largest absolute Gasteiger partial charge is 0.334 e. The summed E-state index contributed by atoms with van der Waals surface area (Å²) in [6.07, 6.45) is 4.37. The van der Waals surface area contributed by atoms with Gasteiger partial charge in [-0.25, -0.2) is 13.8 Å². The van der Waals surface area contributed by atoms with E-state index >= 15 is 0 Å². The molecule has 0 aliphatic heterocycles. The standard InChI is InChI=1S/C18H17F2N5O2/c1-23-17-14(7-22-23)18(27)24(10-21-17)9-16(26)25(13-4-5-13)8-11-2-3-12(19)6-15(11)20/h2-3,6-7,10,13H,4-5,8-9H2,1H3. The summed E-state index contributed by atoms with van der Waals surface area (Å²) in [6.45, 7) is -0.164. The molecule has 7 nitrogen and oxygen atoms in total. The summed E-state index contributed by atoms with van der Waals surface area (Å²) in [4.78, 5) is 31.0. The summed E-state index contributed by atoms with van der Waals surface area (Å²) >= 11 is 0. The van der Waals surface area contributed by atoms with Crippen molar-refractivity contribution in [1.82, 2.24) is 24.2 Å². The molecule has 1 saturated carbocycles. The molecule has 0 atom stereocenters. The number of hydrogen-bond donors (Lipinski definition) is 0. The molecule has 140 valence electrons. The van der Waals surface area contributed by atoms with E-state index in [1.54, 1.807) is 7.05 Å². The van der Waals surface area contributed by atoms with Crippen LogP contribution in [0.5, 0.6) is 0 Å². The fourth-order valence-corrected chi connectivity index (χ4v) is 3.06. The van der Waals surface area contributed by atoms with Crippen LogP contribution in [0, 0.1) is 11.6 Å². The minimum Gasteiger partial charge on any atom is -0.334 e. The van der Waals surface area contributed by atoms with E-state index in [2.05, 4.69) is 10.1 Å². The number of hydrogen-bond acceptors (Lipinski definition) is 4. The average molecular weight is 373 g/mol. The van der Waals surface area contributed by atoms with Gasteiger partial charge < -0.3 is 4.90 Å². The van der Waals surface area contributed by atoms with E-state index < -0.39 is 11.6 Å². The third-order valence-electron chi connectivity index (χ3n) is 4.69. The second-order valence-electron chi connectivity index (χ2n) is 6.67. The number of halogens is 2. The second kappa shape index (κ2) is 6.57. The van der Waals surface area contributed by atoms with Crippen LogP contribution < -0.4 is 5.56 Å². The Kier molecular flexibility index (Phi) is 4.21. The predicted molar refractivity (Wildman–Crippen MR) is 92.7 cm³/mol. The highest BCUT2D eigenvalue weighted by molar-refractivity contribution is 5.78. The van der Waals surface area contributed by atoms with Crippen LogP contribution in [-0.4, -0.2) is 36.2 Å². The van der Waals surface area contributed by atoms with Gasteiger partial charge in [0.25, 0.3) is 5.56 Å². The van der Waals surface area contributed by atoms with Gasteiger partial charge in [-0.05, 0) is 18.9 Å². The Balaban J connectivity index is 1.58. The Bertz CT molecular complexity index is 1090. The number of aromatic nitrogens is 4. The van der Waals surface area contributed by atoms with E-state index in [4.69, 9.17) is 0 Å². The molecule has 9 heteroatoms. The number of fused-ring (bicyclic) bond motifs is 1. The lowest BCUT2D eigenvalue weighted by Crippen LogP contribution is -2.37. The quantitative estimate of drug-likeness (QED) is 0.681. The zero-order valence-electron chi connectivity index (χ0n) is 14.6. The highest BCUT2D eigenvalue weighted by Gasteiger charge is 2.33. The third-order valence-corrected chi connectivity index (χ3v) is 4.69. The number of nitrogens with zero attached hydrogens (tertiary/aromatic N) is 5. The molecular formula is C18H17F2N5O2. The maximum absolute atomic E-state index is 14.0. The zero-order valence-corrected chi connectivity index (χ0v) is 14.6. The van der Waals surface area contributed by atoms with Crippen molar-refractivity contribution >= 4 is 16.9 Å². The van der Waals surface area contributed by atoms with E-state index in [-0.39, 0.29) is 36.2 Å². The second-order valence-corrected chi connectivity index (χ2v) is 6.67. The van der Waals surface area contributed by atoms with Crippen molar-refractivity contribution in [3.63, 3.8) is 0 Å². The summed E-state index contributed by atoms with van der Waals surface area (Å²) in [5.41, 5.74) is 0.325. The molecule has 27 heavy (non-hydrogen) atoms. The first-order valence-electron chi connectivity index (χ1n) is 8.54. The summed E-state index contributed by atoms with van der Waals surface area (Å²) < 4.78 is 29.8. The number of aryl methyl sites for hydroxylation is 1. The number of amides is 1. The van der Waals surface area contributed by atoms with Gasteiger partial charge in [0, 0.05) is 31.3 Å². The first-order chi connectivity index (χ1) is 12.9. The smallest absolute Gasteiger partial charge is 0.264 e. The number of carbonyl (C=O) groups is 1. The predicted octanol–water partition coefficient (Wildman–Crippen LogP) is 1.60. The molecule has 3 aromatic rings. The van der Waals surface area contributed by atoms with Crippen LogP contribution in [0.25, 0.3) is 11.0 Å². The van der Waals surface area contributed by atoms with E-state index in [9.17, 15) is 18.4 Å². The maximum Gasteiger partial charge on any atom is 0.264 e. The number of carbonyl (C=O) groups excluding carboxylic acids is 1. The molecule has 1 fully saturated rings. The van der Waals surface area contributed by atoms with Gasteiger partial charge in [0.15, 0.2) is 5.65 Å². The molecule has 2 heterocycles. The summed E-state index contributed by atoms with van der Waals surface area (Å²) in [6, 6.07) is 3.31. The van der Waals surface area contributed by atoms with Crippen molar-refractivity contribution in [2.24, 2.45) is 7.05 Å². The van der Waals surface area contributed by atoms with E-state index in [0.29, 0.717) is 11.0 Å². The van der Waals surface area contributed by atoms with Gasteiger partial charge in [0.2, 0.25) is 5.91 Å². The van der Waals surface area contributed by atoms with Crippen molar-refractivity contribution in [2.45, 2.75) is 32.0 Å². The normalized spacial score (nSPS) is 13.9. The molecule has 1 aliphatic rings. The molecule has 2 aromatic heterocycles. The molecule has 1 amide bonds. The van der Waals surface area contributed by atoms with Gasteiger partial charge in [0.1, 0.15) is 29.9 Å². The van der Waals surface area contributed by atoms with Crippen LogP contribution in [0.1, 0.15) is 18.4 Å². The number of rotatable bonds is 5. The highest BCUT2D eigenvalue weighted by Crippen LogP contribution is 2.29. The van der Waals surface area contributed by atoms with Crippen LogP contribution in [0.2, 0.25) is 0 Å². The Labute approximate surface area is 152 Å². The van der Waals surface area contributed by atoms with Crippen molar-refractivity contribution < 1.29 is 13.6 Å². The van der Waals surface area contributed by atoms with Crippen LogP contribution >= 0.6 is 0 Å². The third kappa shape index (κ3) is 3.32. The fourth-order valence-electron chi connectivity index (χ4n) is 3.06.